The van der Waals surface area contributed by atoms with Crippen LogP contribution in [0.2, 0.25) is 0 Å². The average molecular weight is 489 g/mol. The van der Waals surface area contributed by atoms with Crippen molar-refractivity contribution < 1.29 is 38.0 Å². The first-order chi connectivity index (χ1) is 17.5. The third-order valence-corrected chi connectivity index (χ3v) is 5.24. The van der Waals surface area contributed by atoms with E-state index in [1.807, 2.05) is 18.2 Å². The number of benzene rings is 3. The standard InChI is InChI=1S/C27H23NO8/c1-31-21-13-16(12-19-27(30)36-25(28-19)17-8-6-5-7-9-17)10-11-20(21)35-26(29)18-14-22(32-2)24(34-4)23(15-18)33-3/h5-15H,1-4H3/b19-12-. The first kappa shape index (κ1) is 24.3. The Balaban J connectivity index is 1.58. The van der Waals surface area contributed by atoms with Gasteiger partial charge in [0.15, 0.2) is 28.7 Å². The lowest BCUT2D eigenvalue weighted by molar-refractivity contribution is -0.129. The molecule has 0 radical (unpaired) electrons. The Hall–Kier alpha value is -4.79. The molecule has 0 amide bonds. The zero-order valence-corrected chi connectivity index (χ0v) is 20.1. The Bertz CT molecular complexity index is 1340. The lowest BCUT2D eigenvalue weighted by Crippen LogP contribution is -2.10. The van der Waals surface area contributed by atoms with E-state index in [0.29, 0.717) is 28.4 Å². The number of nitrogens with zero attached hydrogens (tertiary/aromatic N) is 1. The minimum absolute atomic E-state index is 0.137. The van der Waals surface area contributed by atoms with E-state index in [9.17, 15) is 9.59 Å². The lowest BCUT2D eigenvalue weighted by atomic mass is 10.1. The van der Waals surface area contributed by atoms with Crippen LogP contribution in [0.4, 0.5) is 0 Å². The first-order valence-electron chi connectivity index (χ1n) is 10.8. The topological polar surface area (TPSA) is 102 Å². The smallest absolute Gasteiger partial charge is 0.363 e. The van der Waals surface area contributed by atoms with Crippen molar-refractivity contribution in [3.63, 3.8) is 0 Å². The van der Waals surface area contributed by atoms with E-state index in [4.69, 9.17) is 28.4 Å². The molecule has 0 fully saturated rings. The molecule has 0 spiro atoms. The summed E-state index contributed by atoms with van der Waals surface area (Å²) in [6.45, 7) is 0. The Morgan fingerprint density at radius 1 is 0.806 bits per heavy atom. The minimum Gasteiger partial charge on any atom is -0.493 e. The van der Waals surface area contributed by atoms with Crippen LogP contribution in [0.1, 0.15) is 21.5 Å². The largest absolute Gasteiger partial charge is 0.493 e. The number of esters is 2. The van der Waals surface area contributed by atoms with E-state index in [0.717, 1.165) is 0 Å². The maximum absolute atomic E-state index is 12.9. The van der Waals surface area contributed by atoms with Crippen molar-refractivity contribution >= 4 is 23.9 Å². The number of carbonyl (C=O) groups is 2. The summed E-state index contributed by atoms with van der Waals surface area (Å²) in [4.78, 5) is 29.5. The van der Waals surface area contributed by atoms with E-state index in [2.05, 4.69) is 4.99 Å². The maximum Gasteiger partial charge on any atom is 0.363 e. The third-order valence-electron chi connectivity index (χ3n) is 5.24. The number of cyclic esters (lactones) is 1. The number of rotatable bonds is 8. The van der Waals surface area contributed by atoms with Crippen LogP contribution in [-0.4, -0.2) is 46.3 Å². The number of hydrogen-bond acceptors (Lipinski definition) is 9. The van der Waals surface area contributed by atoms with Gasteiger partial charge in [-0.05, 0) is 48.0 Å². The Morgan fingerprint density at radius 3 is 2.08 bits per heavy atom. The van der Waals surface area contributed by atoms with Gasteiger partial charge in [0, 0.05) is 5.56 Å². The second kappa shape index (κ2) is 10.6. The summed E-state index contributed by atoms with van der Waals surface area (Å²) >= 11 is 0. The van der Waals surface area contributed by atoms with Crippen molar-refractivity contribution in [1.29, 1.82) is 0 Å². The molecule has 9 heteroatoms. The summed E-state index contributed by atoms with van der Waals surface area (Å²) in [6.07, 6.45) is 1.56. The highest BCUT2D eigenvalue weighted by atomic mass is 16.6. The molecular weight excluding hydrogens is 466 g/mol. The van der Waals surface area contributed by atoms with Gasteiger partial charge in [-0.15, -0.1) is 0 Å². The monoisotopic (exact) mass is 489 g/mol. The molecule has 0 saturated heterocycles. The molecule has 0 atom stereocenters. The number of carbonyl (C=O) groups excluding carboxylic acids is 2. The van der Waals surface area contributed by atoms with Gasteiger partial charge in [0.25, 0.3) is 0 Å². The van der Waals surface area contributed by atoms with Crippen LogP contribution in [0.25, 0.3) is 6.08 Å². The van der Waals surface area contributed by atoms with Gasteiger partial charge in [-0.25, -0.2) is 14.6 Å². The van der Waals surface area contributed by atoms with Gasteiger partial charge in [0.2, 0.25) is 11.6 Å². The molecule has 0 saturated carbocycles. The van der Waals surface area contributed by atoms with Crippen LogP contribution >= 0.6 is 0 Å². The fourth-order valence-electron chi connectivity index (χ4n) is 3.49. The molecule has 0 aliphatic carbocycles. The molecule has 3 aromatic rings. The highest BCUT2D eigenvalue weighted by Gasteiger charge is 2.24. The van der Waals surface area contributed by atoms with Gasteiger partial charge in [-0.1, -0.05) is 24.3 Å². The lowest BCUT2D eigenvalue weighted by Gasteiger charge is -2.14. The molecule has 0 N–H and O–H groups in total. The Labute approximate surface area is 207 Å². The van der Waals surface area contributed by atoms with E-state index < -0.39 is 11.9 Å². The van der Waals surface area contributed by atoms with Gasteiger partial charge in [0.1, 0.15) is 0 Å². The first-order valence-corrected chi connectivity index (χ1v) is 10.8. The molecule has 1 heterocycles. The van der Waals surface area contributed by atoms with Crippen molar-refractivity contribution in [2.45, 2.75) is 0 Å². The van der Waals surface area contributed by atoms with Crippen LogP contribution < -0.4 is 23.7 Å². The molecule has 1 aliphatic heterocycles. The fourth-order valence-corrected chi connectivity index (χ4v) is 3.49. The molecule has 0 aromatic heterocycles. The summed E-state index contributed by atoms with van der Waals surface area (Å²) < 4.78 is 32.1. The SMILES string of the molecule is COc1cc(/C=C2\N=C(c3ccccc3)OC2=O)ccc1OC(=O)c1cc(OC)c(OC)c(OC)c1. The molecule has 4 rings (SSSR count). The Kier molecular flexibility index (Phi) is 7.20. The van der Waals surface area contributed by atoms with Crippen LogP contribution in [0.3, 0.4) is 0 Å². The number of aliphatic imine (C=N–C) groups is 1. The van der Waals surface area contributed by atoms with Gasteiger partial charge < -0.3 is 28.4 Å². The minimum atomic E-state index is -0.657. The van der Waals surface area contributed by atoms with Crippen LogP contribution in [0.15, 0.2) is 71.4 Å². The zero-order valence-electron chi connectivity index (χ0n) is 20.1. The highest BCUT2D eigenvalue weighted by Crippen LogP contribution is 2.39. The second-order valence-corrected chi connectivity index (χ2v) is 7.42. The second-order valence-electron chi connectivity index (χ2n) is 7.42. The number of ether oxygens (including phenoxy) is 6. The Morgan fingerprint density at radius 2 is 1.47 bits per heavy atom. The molecule has 0 bridgehead atoms. The van der Waals surface area contributed by atoms with E-state index in [1.165, 1.54) is 40.6 Å². The average Bonchev–Trinajstić information content (AvgIpc) is 3.28. The van der Waals surface area contributed by atoms with E-state index >= 15 is 0 Å². The van der Waals surface area contributed by atoms with E-state index in [1.54, 1.807) is 36.4 Å². The summed E-state index contributed by atoms with van der Waals surface area (Å²) in [6, 6.07) is 16.9. The van der Waals surface area contributed by atoms with Gasteiger partial charge >= 0.3 is 11.9 Å². The van der Waals surface area contributed by atoms with E-state index in [-0.39, 0.29) is 28.7 Å². The van der Waals surface area contributed by atoms with Crippen LogP contribution in [0.5, 0.6) is 28.7 Å². The number of methoxy groups -OCH3 is 4. The van der Waals surface area contributed by atoms with Crippen molar-refractivity contribution in [1.82, 2.24) is 0 Å². The summed E-state index contributed by atoms with van der Waals surface area (Å²) in [5.41, 5.74) is 1.62. The maximum atomic E-state index is 12.9. The van der Waals surface area contributed by atoms with Crippen molar-refractivity contribution in [2.75, 3.05) is 28.4 Å². The van der Waals surface area contributed by atoms with Crippen molar-refractivity contribution in [2.24, 2.45) is 4.99 Å². The predicted molar refractivity (Wildman–Crippen MR) is 131 cm³/mol. The predicted octanol–water partition coefficient (Wildman–Crippen LogP) is 4.28. The molecule has 36 heavy (non-hydrogen) atoms. The fraction of sp³-hybridized carbons (Fsp3) is 0.148. The van der Waals surface area contributed by atoms with Gasteiger partial charge in [-0.3, -0.25) is 0 Å². The summed E-state index contributed by atoms with van der Waals surface area (Å²) in [5, 5.41) is 0. The molecule has 1 aliphatic rings. The molecule has 0 unspecified atom stereocenters. The molecular formula is C27H23NO8. The van der Waals surface area contributed by atoms with Crippen LogP contribution in [0, 0.1) is 0 Å². The molecule has 184 valence electrons. The van der Waals surface area contributed by atoms with Gasteiger partial charge in [-0.2, -0.15) is 0 Å². The quantitative estimate of drug-likeness (QED) is 0.262. The number of hydrogen-bond donors (Lipinski definition) is 0. The highest BCUT2D eigenvalue weighted by molar-refractivity contribution is 6.12. The molecule has 9 nitrogen and oxygen atoms in total. The summed E-state index contributed by atoms with van der Waals surface area (Å²) in [7, 11) is 5.82. The third kappa shape index (κ3) is 5.00. The van der Waals surface area contributed by atoms with Crippen molar-refractivity contribution in [3.8, 4) is 28.7 Å². The zero-order chi connectivity index (χ0) is 25.7. The normalized spacial score (nSPS) is 13.6. The summed E-state index contributed by atoms with van der Waals surface area (Å²) in [5.74, 6) is 0.462. The van der Waals surface area contributed by atoms with Gasteiger partial charge in [0.05, 0.1) is 34.0 Å². The van der Waals surface area contributed by atoms with Crippen LogP contribution in [-0.2, 0) is 9.53 Å². The van der Waals surface area contributed by atoms with Crippen molar-refractivity contribution in [3.05, 3.63) is 83.1 Å². The molecule has 3 aromatic carbocycles.